The minimum absolute atomic E-state index is 0.0958. The Bertz CT molecular complexity index is 213. The van der Waals surface area contributed by atoms with E-state index in [-0.39, 0.29) is 5.91 Å². The lowest BCUT2D eigenvalue weighted by Crippen LogP contribution is -2.29. The number of nitrogens with one attached hydrogen (secondary N) is 2. The van der Waals surface area contributed by atoms with Crippen LogP contribution in [0.5, 0.6) is 0 Å². The van der Waals surface area contributed by atoms with Crippen LogP contribution in [0.15, 0.2) is 0 Å². The monoisotopic (exact) mass is 274 g/mol. The van der Waals surface area contributed by atoms with Gasteiger partial charge in [-0.05, 0) is 19.8 Å². The van der Waals surface area contributed by atoms with Gasteiger partial charge in [0.2, 0.25) is 5.91 Å². The smallest absolute Gasteiger partial charge is 0.220 e. The first-order valence-corrected chi connectivity index (χ1v) is 7.36. The average molecular weight is 274 g/mol. The Kier molecular flexibility index (Phi) is 13.3. The van der Waals surface area contributed by atoms with E-state index in [1.807, 2.05) is 6.92 Å². The molecule has 5 heteroatoms. The molecule has 0 fully saturated rings. The summed E-state index contributed by atoms with van der Waals surface area (Å²) in [5.41, 5.74) is 0. The Morgan fingerprint density at radius 3 is 2.26 bits per heavy atom. The van der Waals surface area contributed by atoms with Gasteiger partial charge in [-0.3, -0.25) is 4.79 Å². The highest BCUT2D eigenvalue weighted by molar-refractivity contribution is 5.75. The number of hydrogen-bond donors (Lipinski definition) is 2. The fourth-order valence-electron chi connectivity index (χ4n) is 1.42. The number of ether oxygens (including phenoxy) is 2. The van der Waals surface area contributed by atoms with Gasteiger partial charge in [0.15, 0.2) is 0 Å². The van der Waals surface area contributed by atoms with Crippen molar-refractivity contribution < 1.29 is 14.3 Å². The fraction of sp³-hybridized carbons (Fsp3) is 0.929. The molecule has 0 spiro atoms. The third-order valence-electron chi connectivity index (χ3n) is 2.77. The van der Waals surface area contributed by atoms with Crippen molar-refractivity contribution >= 4 is 5.91 Å². The zero-order chi connectivity index (χ0) is 14.3. The van der Waals surface area contributed by atoms with Crippen molar-refractivity contribution in [2.24, 2.45) is 0 Å². The maximum Gasteiger partial charge on any atom is 0.220 e. The zero-order valence-corrected chi connectivity index (χ0v) is 12.7. The third kappa shape index (κ3) is 13.6. The largest absolute Gasteiger partial charge is 0.378 e. The van der Waals surface area contributed by atoms with Gasteiger partial charge in [0.05, 0.1) is 26.4 Å². The second-order valence-electron chi connectivity index (χ2n) is 4.59. The minimum Gasteiger partial charge on any atom is -0.378 e. The molecule has 0 saturated heterocycles. The summed E-state index contributed by atoms with van der Waals surface area (Å²) in [6.45, 7) is 10.2. The molecule has 0 aliphatic rings. The van der Waals surface area contributed by atoms with E-state index in [0.29, 0.717) is 45.4 Å². The van der Waals surface area contributed by atoms with Gasteiger partial charge in [0.25, 0.3) is 0 Å². The molecule has 2 N–H and O–H groups in total. The zero-order valence-electron chi connectivity index (χ0n) is 12.7. The van der Waals surface area contributed by atoms with Gasteiger partial charge in [-0.2, -0.15) is 0 Å². The highest BCUT2D eigenvalue weighted by Crippen LogP contribution is 1.87. The Morgan fingerprint density at radius 2 is 1.68 bits per heavy atom. The number of amides is 1. The minimum atomic E-state index is 0.0958. The summed E-state index contributed by atoms with van der Waals surface area (Å²) in [7, 11) is 0. The molecule has 114 valence electrons. The van der Waals surface area contributed by atoms with E-state index in [0.717, 1.165) is 19.4 Å². The molecule has 19 heavy (non-hydrogen) atoms. The van der Waals surface area contributed by atoms with E-state index in [4.69, 9.17) is 9.47 Å². The van der Waals surface area contributed by atoms with Gasteiger partial charge in [-0.1, -0.05) is 13.8 Å². The highest BCUT2D eigenvalue weighted by atomic mass is 16.5. The van der Waals surface area contributed by atoms with Crippen LogP contribution in [0, 0.1) is 0 Å². The van der Waals surface area contributed by atoms with Crippen molar-refractivity contribution in [3.8, 4) is 0 Å². The van der Waals surface area contributed by atoms with Crippen LogP contribution in [0.4, 0.5) is 0 Å². The van der Waals surface area contributed by atoms with Crippen molar-refractivity contribution in [3.05, 3.63) is 0 Å². The maximum atomic E-state index is 11.1. The molecule has 0 aliphatic heterocycles. The summed E-state index contributed by atoms with van der Waals surface area (Å²) in [4.78, 5) is 11.1. The van der Waals surface area contributed by atoms with Crippen molar-refractivity contribution in [1.82, 2.24) is 10.6 Å². The van der Waals surface area contributed by atoms with Crippen molar-refractivity contribution in [2.45, 2.75) is 46.1 Å². The van der Waals surface area contributed by atoms with E-state index in [1.54, 1.807) is 0 Å². The molecule has 1 amide bonds. The van der Waals surface area contributed by atoms with Gasteiger partial charge in [-0.25, -0.2) is 0 Å². The Morgan fingerprint density at radius 1 is 1.05 bits per heavy atom. The van der Waals surface area contributed by atoms with Gasteiger partial charge in [0, 0.05) is 25.6 Å². The predicted molar refractivity (Wildman–Crippen MR) is 77.3 cm³/mol. The molecular formula is C14H30N2O3. The van der Waals surface area contributed by atoms with Crippen LogP contribution >= 0.6 is 0 Å². The van der Waals surface area contributed by atoms with Crippen molar-refractivity contribution in [2.75, 3.05) is 39.5 Å². The average Bonchev–Trinajstić information content (AvgIpc) is 2.40. The van der Waals surface area contributed by atoms with Gasteiger partial charge >= 0.3 is 0 Å². The lowest BCUT2D eigenvalue weighted by molar-refractivity contribution is -0.121. The first kappa shape index (κ1) is 18.4. The topological polar surface area (TPSA) is 59.6 Å². The van der Waals surface area contributed by atoms with Crippen LogP contribution in [0.25, 0.3) is 0 Å². The summed E-state index contributed by atoms with van der Waals surface area (Å²) in [5, 5.41) is 6.15. The predicted octanol–water partition coefficient (Wildman–Crippen LogP) is 1.32. The maximum absolute atomic E-state index is 11.1. The molecule has 0 saturated carbocycles. The summed E-state index contributed by atoms with van der Waals surface area (Å²) in [6, 6.07) is 0.548. The number of hydrogen-bond acceptors (Lipinski definition) is 4. The molecule has 0 rings (SSSR count). The standard InChI is InChI=1S/C14H30N2O3/c1-4-6-14(17)16-8-10-19-12-11-18-9-7-15-13(3)5-2/h13,15H,4-12H2,1-3H3,(H,16,17). The fourth-order valence-corrected chi connectivity index (χ4v) is 1.42. The summed E-state index contributed by atoms with van der Waals surface area (Å²) < 4.78 is 10.8. The van der Waals surface area contributed by atoms with Crippen molar-refractivity contribution in [1.29, 1.82) is 0 Å². The molecule has 0 aromatic carbocycles. The van der Waals surface area contributed by atoms with Crippen LogP contribution in [-0.4, -0.2) is 51.5 Å². The second kappa shape index (κ2) is 13.8. The lowest BCUT2D eigenvalue weighted by Gasteiger charge is -2.11. The van der Waals surface area contributed by atoms with Crippen LogP contribution < -0.4 is 10.6 Å². The van der Waals surface area contributed by atoms with E-state index in [1.165, 1.54) is 0 Å². The van der Waals surface area contributed by atoms with Gasteiger partial charge in [-0.15, -0.1) is 0 Å². The molecule has 0 aromatic heterocycles. The van der Waals surface area contributed by atoms with Crippen LogP contribution in [0.2, 0.25) is 0 Å². The first-order valence-electron chi connectivity index (χ1n) is 7.36. The molecule has 0 bridgehead atoms. The van der Waals surface area contributed by atoms with Crippen LogP contribution in [-0.2, 0) is 14.3 Å². The summed E-state index contributed by atoms with van der Waals surface area (Å²) in [6.07, 6.45) is 2.60. The molecule has 0 radical (unpaired) electrons. The van der Waals surface area contributed by atoms with Crippen molar-refractivity contribution in [3.63, 3.8) is 0 Å². The third-order valence-corrected chi connectivity index (χ3v) is 2.77. The SMILES string of the molecule is CCCC(=O)NCCOCCOCCNC(C)CC. The molecule has 1 atom stereocenters. The number of carbonyl (C=O) groups excluding carboxylic acids is 1. The Hall–Kier alpha value is -0.650. The van der Waals surface area contributed by atoms with Crippen LogP contribution in [0.3, 0.4) is 0 Å². The molecule has 1 unspecified atom stereocenters. The quantitative estimate of drug-likeness (QED) is 0.497. The number of carbonyl (C=O) groups is 1. The Labute approximate surface area is 117 Å². The van der Waals surface area contributed by atoms with E-state index in [9.17, 15) is 4.79 Å². The van der Waals surface area contributed by atoms with E-state index >= 15 is 0 Å². The van der Waals surface area contributed by atoms with Gasteiger partial charge < -0.3 is 20.1 Å². The molecular weight excluding hydrogens is 244 g/mol. The lowest BCUT2D eigenvalue weighted by atomic mass is 10.3. The Balaban J connectivity index is 3.09. The van der Waals surface area contributed by atoms with Gasteiger partial charge in [0.1, 0.15) is 0 Å². The molecule has 5 nitrogen and oxygen atoms in total. The number of rotatable bonds is 13. The van der Waals surface area contributed by atoms with E-state index in [2.05, 4.69) is 24.5 Å². The highest BCUT2D eigenvalue weighted by Gasteiger charge is 1.98. The summed E-state index contributed by atoms with van der Waals surface area (Å²) >= 11 is 0. The summed E-state index contributed by atoms with van der Waals surface area (Å²) in [5.74, 6) is 0.0958. The van der Waals surface area contributed by atoms with E-state index < -0.39 is 0 Å². The second-order valence-corrected chi connectivity index (χ2v) is 4.59. The van der Waals surface area contributed by atoms with Crippen LogP contribution in [0.1, 0.15) is 40.0 Å². The first-order chi connectivity index (χ1) is 9.20. The molecule has 0 aliphatic carbocycles. The normalized spacial score (nSPS) is 12.4. The molecule has 0 aromatic rings. The molecule has 0 heterocycles.